The highest BCUT2D eigenvalue weighted by molar-refractivity contribution is 6.09. The molecule has 1 aliphatic rings. The van der Waals surface area contributed by atoms with E-state index in [9.17, 15) is 9.59 Å². The molecule has 5 heteroatoms. The fourth-order valence-electron chi connectivity index (χ4n) is 4.58. The summed E-state index contributed by atoms with van der Waals surface area (Å²) >= 11 is 0. The van der Waals surface area contributed by atoms with E-state index >= 15 is 0 Å². The summed E-state index contributed by atoms with van der Waals surface area (Å²) in [7, 11) is 1.92. The predicted molar refractivity (Wildman–Crippen MR) is 129 cm³/mol. The Bertz CT molecular complexity index is 1270. The fraction of sp³-hybridized carbons (Fsp3) is 0.143. The molecule has 5 rings (SSSR count). The lowest BCUT2D eigenvalue weighted by molar-refractivity contribution is -0.131. The molecule has 1 heterocycles. The molecule has 33 heavy (non-hydrogen) atoms. The van der Waals surface area contributed by atoms with Gasteiger partial charge in [-0.2, -0.15) is 0 Å². The Morgan fingerprint density at radius 1 is 0.758 bits per heavy atom. The van der Waals surface area contributed by atoms with Crippen molar-refractivity contribution >= 4 is 22.7 Å². The SMILES string of the molecule is CN(Cc1ccc2ccccc2c1)CN1C(=O)NC(c2ccccc2)(c2ccccc2)C1=O. The van der Waals surface area contributed by atoms with E-state index in [0.717, 1.165) is 16.7 Å². The number of imide groups is 1. The van der Waals surface area contributed by atoms with Gasteiger partial charge in [-0.05, 0) is 40.6 Å². The zero-order valence-electron chi connectivity index (χ0n) is 18.4. The van der Waals surface area contributed by atoms with Gasteiger partial charge in [0.2, 0.25) is 0 Å². The molecule has 1 aliphatic heterocycles. The molecule has 1 fully saturated rings. The average molecular weight is 436 g/mol. The minimum absolute atomic E-state index is 0.193. The van der Waals surface area contributed by atoms with Crippen LogP contribution in [0, 0.1) is 0 Å². The molecule has 4 aromatic carbocycles. The number of fused-ring (bicyclic) bond motifs is 1. The second-order valence-corrected chi connectivity index (χ2v) is 8.48. The number of hydrogen-bond donors (Lipinski definition) is 1. The maximum atomic E-state index is 13.8. The van der Waals surface area contributed by atoms with Crippen LogP contribution in [0.3, 0.4) is 0 Å². The van der Waals surface area contributed by atoms with E-state index in [1.165, 1.54) is 15.7 Å². The topological polar surface area (TPSA) is 52.6 Å². The zero-order valence-corrected chi connectivity index (χ0v) is 18.4. The number of nitrogens with zero attached hydrogens (tertiary/aromatic N) is 2. The van der Waals surface area contributed by atoms with Gasteiger partial charge in [-0.1, -0.05) is 97.1 Å². The van der Waals surface area contributed by atoms with Crippen molar-refractivity contribution in [3.05, 3.63) is 120 Å². The molecule has 3 amide bonds. The number of benzene rings is 4. The summed E-state index contributed by atoms with van der Waals surface area (Å²) in [4.78, 5) is 30.2. The quantitative estimate of drug-likeness (QED) is 0.446. The number of urea groups is 1. The Hall–Kier alpha value is -3.96. The fourth-order valence-corrected chi connectivity index (χ4v) is 4.58. The van der Waals surface area contributed by atoms with Crippen LogP contribution in [0.15, 0.2) is 103 Å². The minimum Gasteiger partial charge on any atom is -0.315 e. The number of amides is 3. The molecule has 0 radical (unpaired) electrons. The van der Waals surface area contributed by atoms with Gasteiger partial charge in [0.1, 0.15) is 0 Å². The van der Waals surface area contributed by atoms with Crippen LogP contribution in [-0.2, 0) is 16.9 Å². The van der Waals surface area contributed by atoms with Crippen LogP contribution >= 0.6 is 0 Å². The Morgan fingerprint density at radius 3 is 1.97 bits per heavy atom. The number of hydrogen-bond acceptors (Lipinski definition) is 3. The molecular formula is C28H25N3O2. The Morgan fingerprint density at radius 2 is 1.33 bits per heavy atom. The molecule has 1 N–H and O–H groups in total. The Kier molecular flexibility index (Phi) is 5.40. The first-order valence-electron chi connectivity index (χ1n) is 11.0. The van der Waals surface area contributed by atoms with Gasteiger partial charge in [0.25, 0.3) is 5.91 Å². The van der Waals surface area contributed by atoms with Crippen molar-refractivity contribution < 1.29 is 9.59 Å². The van der Waals surface area contributed by atoms with E-state index in [2.05, 4.69) is 35.6 Å². The van der Waals surface area contributed by atoms with Gasteiger partial charge in [-0.25, -0.2) is 9.69 Å². The van der Waals surface area contributed by atoms with Crippen LogP contribution in [0.1, 0.15) is 16.7 Å². The molecule has 1 saturated heterocycles. The molecule has 0 saturated carbocycles. The van der Waals surface area contributed by atoms with Gasteiger partial charge in [-0.3, -0.25) is 9.69 Å². The van der Waals surface area contributed by atoms with Crippen LogP contribution in [0.5, 0.6) is 0 Å². The maximum Gasteiger partial charge on any atom is 0.326 e. The summed E-state index contributed by atoms with van der Waals surface area (Å²) < 4.78 is 0. The number of nitrogens with one attached hydrogen (secondary N) is 1. The van der Waals surface area contributed by atoms with Crippen LogP contribution < -0.4 is 5.32 Å². The van der Waals surface area contributed by atoms with Gasteiger partial charge in [-0.15, -0.1) is 0 Å². The highest BCUT2D eigenvalue weighted by Crippen LogP contribution is 2.36. The van der Waals surface area contributed by atoms with Gasteiger partial charge < -0.3 is 5.32 Å². The molecule has 0 unspecified atom stereocenters. The average Bonchev–Trinajstić information content (AvgIpc) is 3.10. The summed E-state index contributed by atoms with van der Waals surface area (Å²) in [5.74, 6) is -0.268. The summed E-state index contributed by atoms with van der Waals surface area (Å²) in [6.45, 7) is 0.810. The van der Waals surface area contributed by atoms with Crippen LogP contribution in [0.2, 0.25) is 0 Å². The lowest BCUT2D eigenvalue weighted by Crippen LogP contribution is -2.46. The first-order chi connectivity index (χ1) is 16.1. The monoisotopic (exact) mass is 435 g/mol. The van der Waals surface area contributed by atoms with Crippen molar-refractivity contribution in [2.45, 2.75) is 12.1 Å². The van der Waals surface area contributed by atoms with Gasteiger partial charge in [0.05, 0.1) is 6.67 Å². The van der Waals surface area contributed by atoms with E-state index in [1.807, 2.05) is 84.7 Å². The molecule has 4 aromatic rings. The van der Waals surface area contributed by atoms with Crippen LogP contribution in [0.25, 0.3) is 10.8 Å². The largest absolute Gasteiger partial charge is 0.326 e. The molecule has 5 nitrogen and oxygen atoms in total. The number of rotatable bonds is 6. The zero-order chi connectivity index (χ0) is 22.8. The van der Waals surface area contributed by atoms with E-state index in [4.69, 9.17) is 0 Å². The Labute approximate surface area is 193 Å². The molecule has 0 atom stereocenters. The summed E-state index contributed by atoms with van der Waals surface area (Å²) in [5.41, 5.74) is 1.38. The second kappa shape index (κ2) is 8.52. The van der Waals surface area contributed by atoms with E-state index in [-0.39, 0.29) is 12.6 Å². The van der Waals surface area contributed by atoms with Gasteiger partial charge in [0.15, 0.2) is 5.54 Å². The maximum absolute atomic E-state index is 13.8. The van der Waals surface area contributed by atoms with Crippen molar-refractivity contribution in [1.29, 1.82) is 0 Å². The molecule has 0 bridgehead atoms. The van der Waals surface area contributed by atoms with Gasteiger partial charge in [0, 0.05) is 6.54 Å². The normalized spacial score (nSPS) is 15.3. The number of carbonyl (C=O) groups excluding carboxylic acids is 2. The summed E-state index contributed by atoms with van der Waals surface area (Å²) in [6.07, 6.45) is 0. The molecule has 0 spiro atoms. The highest BCUT2D eigenvalue weighted by atomic mass is 16.2. The second-order valence-electron chi connectivity index (χ2n) is 8.48. The van der Waals surface area contributed by atoms with Crippen molar-refractivity contribution in [2.24, 2.45) is 0 Å². The standard InChI is InChI=1S/C28H25N3O2/c1-30(19-21-16-17-22-10-8-9-11-23(22)18-21)20-31-26(32)28(29-27(31)33,24-12-4-2-5-13-24)25-14-6-3-7-15-25/h2-18H,19-20H2,1H3,(H,29,33). The summed E-state index contributed by atoms with van der Waals surface area (Å²) in [5, 5.41) is 5.36. The lowest BCUT2D eigenvalue weighted by Gasteiger charge is -2.28. The first kappa shape index (κ1) is 20.9. The third kappa shape index (κ3) is 3.77. The van der Waals surface area contributed by atoms with Crippen molar-refractivity contribution in [2.75, 3.05) is 13.7 Å². The highest BCUT2D eigenvalue weighted by Gasteiger charge is 2.53. The van der Waals surface area contributed by atoms with Crippen molar-refractivity contribution in [3.8, 4) is 0 Å². The molecule has 0 aromatic heterocycles. The van der Waals surface area contributed by atoms with E-state index in [1.54, 1.807) is 0 Å². The predicted octanol–water partition coefficient (Wildman–Crippen LogP) is 4.72. The van der Waals surface area contributed by atoms with Crippen LogP contribution in [-0.4, -0.2) is 35.5 Å². The third-order valence-corrected chi connectivity index (χ3v) is 6.17. The smallest absolute Gasteiger partial charge is 0.315 e. The lowest BCUT2D eigenvalue weighted by atomic mass is 9.83. The third-order valence-electron chi connectivity index (χ3n) is 6.17. The van der Waals surface area contributed by atoms with Crippen molar-refractivity contribution in [3.63, 3.8) is 0 Å². The van der Waals surface area contributed by atoms with E-state index < -0.39 is 11.6 Å². The molecule has 0 aliphatic carbocycles. The minimum atomic E-state index is -1.23. The van der Waals surface area contributed by atoms with Crippen LogP contribution in [0.4, 0.5) is 4.79 Å². The summed E-state index contributed by atoms with van der Waals surface area (Å²) in [6, 6.07) is 33.0. The Balaban J connectivity index is 1.42. The number of carbonyl (C=O) groups is 2. The molecular weight excluding hydrogens is 410 g/mol. The van der Waals surface area contributed by atoms with Crippen molar-refractivity contribution in [1.82, 2.24) is 15.1 Å². The van der Waals surface area contributed by atoms with Gasteiger partial charge >= 0.3 is 6.03 Å². The first-order valence-corrected chi connectivity index (χ1v) is 11.0. The van der Waals surface area contributed by atoms with E-state index in [0.29, 0.717) is 6.54 Å². The molecule has 164 valence electrons.